The second kappa shape index (κ2) is 6.72. The van der Waals surface area contributed by atoms with Crippen LogP contribution in [0.25, 0.3) is 0 Å². The highest BCUT2D eigenvalue weighted by Gasteiger charge is 2.21. The van der Waals surface area contributed by atoms with Gasteiger partial charge in [-0.25, -0.2) is 0 Å². The minimum Gasteiger partial charge on any atom is -0.347 e. The minimum absolute atomic E-state index is 0.0425. The molecule has 0 bridgehead atoms. The van der Waals surface area contributed by atoms with Crippen molar-refractivity contribution in [2.24, 2.45) is 0 Å². The number of rotatable bonds is 5. The van der Waals surface area contributed by atoms with Crippen LogP contribution in [0.1, 0.15) is 42.5 Å². The highest BCUT2D eigenvalue weighted by molar-refractivity contribution is 5.75. The molecule has 4 rings (SSSR count). The Balaban J connectivity index is 1.35. The van der Waals surface area contributed by atoms with Gasteiger partial charge >= 0.3 is 0 Å². The summed E-state index contributed by atoms with van der Waals surface area (Å²) in [5, 5.41) is 19.0. The van der Waals surface area contributed by atoms with Gasteiger partial charge in [-0.3, -0.25) is 9.48 Å². The Morgan fingerprint density at radius 2 is 2.33 bits per heavy atom. The van der Waals surface area contributed by atoms with Gasteiger partial charge < -0.3 is 15.2 Å². The number of nitrogens with one attached hydrogen (secondary N) is 2. The summed E-state index contributed by atoms with van der Waals surface area (Å²) in [6.45, 7) is 3.66. The Morgan fingerprint density at radius 3 is 3.21 bits per heavy atom. The van der Waals surface area contributed by atoms with Gasteiger partial charge in [0, 0.05) is 37.3 Å². The number of aryl methyl sites for hydroxylation is 1. The van der Waals surface area contributed by atoms with Crippen molar-refractivity contribution in [2.45, 2.75) is 51.2 Å². The molecule has 1 fully saturated rings. The lowest BCUT2D eigenvalue weighted by molar-refractivity contribution is -0.122. The number of amides is 1. The molecule has 0 aliphatic carbocycles. The molecule has 2 aromatic heterocycles. The van der Waals surface area contributed by atoms with E-state index in [1.54, 1.807) is 6.20 Å². The molecular formula is C16H23N7O. The number of aromatic nitrogens is 5. The molecule has 2 N–H and O–H groups in total. The number of hydrogen-bond acceptors (Lipinski definition) is 5. The average molecular weight is 329 g/mol. The predicted molar refractivity (Wildman–Crippen MR) is 87.3 cm³/mol. The Bertz CT molecular complexity index is 714. The summed E-state index contributed by atoms with van der Waals surface area (Å²) < 4.78 is 3.93. The van der Waals surface area contributed by atoms with Crippen LogP contribution in [0, 0.1) is 0 Å². The molecule has 2 aliphatic heterocycles. The molecule has 2 aliphatic rings. The summed E-state index contributed by atoms with van der Waals surface area (Å²) in [5.41, 5.74) is 1.14. The van der Waals surface area contributed by atoms with Gasteiger partial charge in [0.05, 0.1) is 6.54 Å². The van der Waals surface area contributed by atoms with Crippen molar-refractivity contribution in [1.29, 1.82) is 0 Å². The molecule has 128 valence electrons. The van der Waals surface area contributed by atoms with Crippen molar-refractivity contribution in [3.63, 3.8) is 0 Å². The maximum absolute atomic E-state index is 12.3. The van der Waals surface area contributed by atoms with E-state index in [2.05, 4.69) is 30.5 Å². The first-order chi connectivity index (χ1) is 11.8. The SMILES string of the molecule is O=C(Cn1nccc1[C@H]1CCCNC1)NCc1nnc2n1CCC2. The smallest absolute Gasteiger partial charge is 0.242 e. The second-order valence-corrected chi connectivity index (χ2v) is 6.52. The Hall–Kier alpha value is -2.22. The zero-order valence-electron chi connectivity index (χ0n) is 13.7. The molecule has 2 aromatic rings. The van der Waals surface area contributed by atoms with Gasteiger partial charge in [0.15, 0.2) is 5.82 Å². The van der Waals surface area contributed by atoms with Crippen molar-refractivity contribution < 1.29 is 4.79 Å². The van der Waals surface area contributed by atoms with E-state index in [1.807, 2.05) is 10.7 Å². The number of piperidine rings is 1. The van der Waals surface area contributed by atoms with E-state index >= 15 is 0 Å². The summed E-state index contributed by atoms with van der Waals surface area (Å²) >= 11 is 0. The van der Waals surface area contributed by atoms with Crippen molar-refractivity contribution in [2.75, 3.05) is 13.1 Å². The molecule has 0 unspecified atom stereocenters. The van der Waals surface area contributed by atoms with Gasteiger partial charge in [0.2, 0.25) is 5.91 Å². The van der Waals surface area contributed by atoms with Crippen molar-refractivity contribution in [3.05, 3.63) is 29.6 Å². The maximum atomic E-state index is 12.3. The van der Waals surface area contributed by atoms with Gasteiger partial charge in [-0.2, -0.15) is 5.10 Å². The summed E-state index contributed by atoms with van der Waals surface area (Å²) in [5.74, 6) is 2.26. The number of nitrogens with zero attached hydrogens (tertiary/aromatic N) is 5. The molecule has 24 heavy (non-hydrogen) atoms. The highest BCUT2D eigenvalue weighted by Crippen LogP contribution is 2.22. The van der Waals surface area contributed by atoms with Crippen molar-refractivity contribution in [3.8, 4) is 0 Å². The molecule has 4 heterocycles. The fourth-order valence-electron chi connectivity index (χ4n) is 3.64. The first-order valence-electron chi connectivity index (χ1n) is 8.71. The van der Waals surface area contributed by atoms with Gasteiger partial charge in [-0.05, 0) is 31.9 Å². The fourth-order valence-corrected chi connectivity index (χ4v) is 3.64. The van der Waals surface area contributed by atoms with E-state index in [0.717, 1.165) is 56.2 Å². The Kier molecular flexibility index (Phi) is 4.29. The minimum atomic E-state index is -0.0425. The van der Waals surface area contributed by atoms with Gasteiger partial charge in [-0.15, -0.1) is 10.2 Å². The van der Waals surface area contributed by atoms with Crippen molar-refractivity contribution in [1.82, 2.24) is 35.2 Å². The normalized spacial score (nSPS) is 20.1. The number of carbonyl (C=O) groups is 1. The van der Waals surface area contributed by atoms with Crippen molar-refractivity contribution >= 4 is 5.91 Å². The lowest BCUT2D eigenvalue weighted by atomic mass is 9.96. The van der Waals surface area contributed by atoms with Crippen LogP contribution >= 0.6 is 0 Å². The monoisotopic (exact) mass is 329 g/mol. The molecule has 0 spiro atoms. The van der Waals surface area contributed by atoms with Crippen LogP contribution in [-0.2, 0) is 30.8 Å². The largest absolute Gasteiger partial charge is 0.347 e. The van der Waals surface area contributed by atoms with Crippen LogP contribution in [0.4, 0.5) is 0 Å². The van der Waals surface area contributed by atoms with Gasteiger partial charge in [0.25, 0.3) is 0 Å². The van der Waals surface area contributed by atoms with E-state index < -0.39 is 0 Å². The maximum Gasteiger partial charge on any atom is 0.242 e. The lowest BCUT2D eigenvalue weighted by Gasteiger charge is -2.23. The van der Waals surface area contributed by atoms with E-state index in [9.17, 15) is 4.79 Å². The van der Waals surface area contributed by atoms with E-state index in [-0.39, 0.29) is 12.5 Å². The molecule has 0 aromatic carbocycles. The first-order valence-corrected chi connectivity index (χ1v) is 8.71. The summed E-state index contributed by atoms with van der Waals surface area (Å²) in [4.78, 5) is 12.3. The summed E-state index contributed by atoms with van der Waals surface area (Å²) in [6, 6.07) is 2.02. The summed E-state index contributed by atoms with van der Waals surface area (Å²) in [6.07, 6.45) is 6.18. The molecule has 1 amide bonds. The van der Waals surface area contributed by atoms with Crippen LogP contribution in [-0.4, -0.2) is 43.5 Å². The second-order valence-electron chi connectivity index (χ2n) is 6.52. The fraction of sp³-hybridized carbons (Fsp3) is 0.625. The summed E-state index contributed by atoms with van der Waals surface area (Å²) in [7, 11) is 0. The van der Waals surface area contributed by atoms with Gasteiger partial charge in [0.1, 0.15) is 12.4 Å². The quantitative estimate of drug-likeness (QED) is 0.818. The van der Waals surface area contributed by atoms with E-state index in [0.29, 0.717) is 12.5 Å². The van der Waals surface area contributed by atoms with E-state index in [1.165, 1.54) is 6.42 Å². The van der Waals surface area contributed by atoms with Gasteiger partial charge in [-0.1, -0.05) is 0 Å². The molecule has 0 saturated carbocycles. The zero-order valence-corrected chi connectivity index (χ0v) is 13.7. The third kappa shape index (κ3) is 3.06. The average Bonchev–Trinajstić information content (AvgIpc) is 3.31. The van der Waals surface area contributed by atoms with Crippen LogP contribution in [0.3, 0.4) is 0 Å². The van der Waals surface area contributed by atoms with Crippen LogP contribution in [0.5, 0.6) is 0 Å². The third-order valence-corrected chi connectivity index (χ3v) is 4.89. The van der Waals surface area contributed by atoms with Crippen LogP contribution in [0.15, 0.2) is 12.3 Å². The van der Waals surface area contributed by atoms with E-state index in [4.69, 9.17) is 0 Å². The molecule has 1 atom stereocenters. The number of carbonyl (C=O) groups excluding carboxylic acids is 1. The van der Waals surface area contributed by atoms with Crippen LogP contribution in [0.2, 0.25) is 0 Å². The number of hydrogen-bond donors (Lipinski definition) is 2. The molecule has 0 radical (unpaired) electrons. The highest BCUT2D eigenvalue weighted by atomic mass is 16.2. The lowest BCUT2D eigenvalue weighted by Crippen LogP contribution is -2.32. The topological polar surface area (TPSA) is 89.7 Å². The Morgan fingerprint density at radius 1 is 1.38 bits per heavy atom. The molecule has 8 nitrogen and oxygen atoms in total. The standard InChI is InChI=1S/C16H23N7O/c24-16(18-10-15-21-20-14-4-2-8-22(14)15)11-23-13(5-7-19-23)12-3-1-6-17-9-12/h5,7,12,17H,1-4,6,8-11H2,(H,18,24)/t12-/m0/s1. The predicted octanol–water partition coefficient (Wildman–Crippen LogP) is 0.204. The third-order valence-electron chi connectivity index (χ3n) is 4.89. The zero-order chi connectivity index (χ0) is 16.4. The van der Waals surface area contributed by atoms with Crippen LogP contribution < -0.4 is 10.6 Å². The molecular weight excluding hydrogens is 306 g/mol. The number of fused-ring (bicyclic) bond motifs is 1. The first kappa shape index (κ1) is 15.3. The molecule has 8 heteroatoms. The Labute approximate surface area is 140 Å². The molecule has 1 saturated heterocycles.